The Labute approximate surface area is 102 Å². The molecule has 1 atom stereocenters. The van der Waals surface area contributed by atoms with Gasteiger partial charge in [0.1, 0.15) is 11.9 Å². The first-order valence-electron chi connectivity index (χ1n) is 5.49. The van der Waals surface area contributed by atoms with Crippen LogP contribution in [-0.4, -0.2) is 26.2 Å². The Morgan fingerprint density at radius 3 is 2.47 bits per heavy atom. The fourth-order valence-electron chi connectivity index (χ4n) is 1.62. The van der Waals surface area contributed by atoms with E-state index in [1.807, 2.05) is 26.0 Å². The molecule has 4 nitrogen and oxygen atoms in total. The third-order valence-electron chi connectivity index (χ3n) is 2.79. The molecular formula is C13H19NO3. The van der Waals surface area contributed by atoms with Crippen LogP contribution in [-0.2, 0) is 9.53 Å². The van der Waals surface area contributed by atoms with E-state index in [2.05, 4.69) is 5.32 Å². The van der Waals surface area contributed by atoms with E-state index >= 15 is 0 Å². The van der Waals surface area contributed by atoms with Gasteiger partial charge >= 0.3 is 0 Å². The van der Waals surface area contributed by atoms with Crippen LogP contribution in [0.15, 0.2) is 12.1 Å². The van der Waals surface area contributed by atoms with E-state index in [-0.39, 0.29) is 5.91 Å². The highest BCUT2D eigenvalue weighted by molar-refractivity contribution is 5.94. The molecule has 0 fully saturated rings. The zero-order valence-corrected chi connectivity index (χ0v) is 11.0. The minimum Gasteiger partial charge on any atom is -0.496 e. The summed E-state index contributed by atoms with van der Waals surface area (Å²) in [6, 6.07) is 3.78. The maximum Gasteiger partial charge on any atom is 0.253 e. The second-order valence-corrected chi connectivity index (χ2v) is 3.96. The molecule has 0 bridgehead atoms. The van der Waals surface area contributed by atoms with E-state index in [0.29, 0.717) is 0 Å². The maximum atomic E-state index is 11.7. The van der Waals surface area contributed by atoms with Crippen molar-refractivity contribution in [3.05, 3.63) is 23.3 Å². The molecule has 0 heterocycles. The first kappa shape index (κ1) is 13.5. The summed E-state index contributed by atoms with van der Waals surface area (Å²) in [6.45, 7) is 5.59. The number of amides is 1. The van der Waals surface area contributed by atoms with Gasteiger partial charge in [-0.15, -0.1) is 0 Å². The normalized spacial score (nSPS) is 12.1. The quantitative estimate of drug-likeness (QED) is 0.874. The highest BCUT2D eigenvalue weighted by Gasteiger charge is 2.14. The zero-order valence-electron chi connectivity index (χ0n) is 11.0. The zero-order chi connectivity index (χ0) is 13.0. The second kappa shape index (κ2) is 5.68. The van der Waals surface area contributed by atoms with Crippen molar-refractivity contribution in [2.24, 2.45) is 0 Å². The average molecular weight is 237 g/mol. The van der Waals surface area contributed by atoms with Crippen LogP contribution >= 0.6 is 0 Å². The van der Waals surface area contributed by atoms with Crippen LogP contribution < -0.4 is 10.1 Å². The molecule has 0 aliphatic carbocycles. The standard InChI is InChI=1S/C13H19NO3/c1-8-6-7-11(9(2)12(8)17-5)14-13(15)10(3)16-4/h6-7,10H,1-5H3,(H,14,15). The van der Waals surface area contributed by atoms with Crippen molar-refractivity contribution < 1.29 is 14.3 Å². The van der Waals surface area contributed by atoms with Gasteiger partial charge in [-0.1, -0.05) is 6.07 Å². The summed E-state index contributed by atoms with van der Waals surface area (Å²) in [4.78, 5) is 11.7. The fraction of sp³-hybridized carbons (Fsp3) is 0.462. The Bertz CT molecular complexity index is 415. The van der Waals surface area contributed by atoms with E-state index in [1.165, 1.54) is 7.11 Å². The Hall–Kier alpha value is -1.55. The third kappa shape index (κ3) is 2.97. The summed E-state index contributed by atoms with van der Waals surface area (Å²) in [5.74, 6) is 0.634. The van der Waals surface area contributed by atoms with Crippen molar-refractivity contribution >= 4 is 11.6 Å². The molecule has 0 saturated carbocycles. The molecule has 0 radical (unpaired) electrons. The van der Waals surface area contributed by atoms with Crippen molar-refractivity contribution in [1.29, 1.82) is 0 Å². The van der Waals surface area contributed by atoms with Gasteiger partial charge in [-0.3, -0.25) is 4.79 Å². The number of aryl methyl sites for hydroxylation is 1. The number of ether oxygens (including phenoxy) is 2. The smallest absolute Gasteiger partial charge is 0.253 e. The Morgan fingerprint density at radius 1 is 1.29 bits per heavy atom. The van der Waals surface area contributed by atoms with E-state index in [0.717, 1.165) is 22.6 Å². The molecule has 0 aliphatic rings. The molecule has 94 valence electrons. The minimum absolute atomic E-state index is 0.165. The highest BCUT2D eigenvalue weighted by atomic mass is 16.5. The molecule has 1 aromatic rings. The molecular weight excluding hydrogens is 218 g/mol. The van der Waals surface area contributed by atoms with Crippen molar-refractivity contribution in [3.8, 4) is 5.75 Å². The predicted molar refractivity (Wildman–Crippen MR) is 67.6 cm³/mol. The van der Waals surface area contributed by atoms with Crippen LogP contribution in [0.2, 0.25) is 0 Å². The molecule has 1 rings (SSSR count). The first-order valence-corrected chi connectivity index (χ1v) is 5.49. The van der Waals surface area contributed by atoms with Gasteiger partial charge < -0.3 is 14.8 Å². The molecule has 1 aromatic carbocycles. The largest absolute Gasteiger partial charge is 0.496 e. The average Bonchev–Trinajstić information content (AvgIpc) is 2.32. The number of hydrogen-bond donors (Lipinski definition) is 1. The SMILES string of the molecule is COc1c(C)ccc(NC(=O)C(C)OC)c1C. The Morgan fingerprint density at radius 2 is 1.94 bits per heavy atom. The molecule has 0 saturated heterocycles. The van der Waals surface area contributed by atoms with E-state index < -0.39 is 6.10 Å². The maximum absolute atomic E-state index is 11.7. The van der Waals surface area contributed by atoms with Gasteiger partial charge in [0.2, 0.25) is 0 Å². The molecule has 1 unspecified atom stereocenters. The van der Waals surface area contributed by atoms with Crippen LogP contribution in [0.5, 0.6) is 5.75 Å². The van der Waals surface area contributed by atoms with Crippen LogP contribution in [0.3, 0.4) is 0 Å². The van der Waals surface area contributed by atoms with Crippen molar-refractivity contribution in [3.63, 3.8) is 0 Å². The number of methoxy groups -OCH3 is 2. The number of anilines is 1. The lowest BCUT2D eigenvalue weighted by Crippen LogP contribution is -2.26. The molecule has 1 amide bonds. The molecule has 4 heteroatoms. The number of hydrogen-bond acceptors (Lipinski definition) is 3. The fourth-order valence-corrected chi connectivity index (χ4v) is 1.62. The molecule has 0 aromatic heterocycles. The molecule has 0 aliphatic heterocycles. The lowest BCUT2D eigenvalue weighted by Gasteiger charge is -2.15. The van der Waals surface area contributed by atoms with Gasteiger partial charge in [0.15, 0.2) is 0 Å². The van der Waals surface area contributed by atoms with Gasteiger partial charge in [-0.25, -0.2) is 0 Å². The summed E-state index contributed by atoms with van der Waals surface area (Å²) in [6.07, 6.45) is -0.471. The van der Waals surface area contributed by atoms with Gasteiger partial charge in [-0.05, 0) is 32.4 Å². The van der Waals surface area contributed by atoms with E-state index in [9.17, 15) is 4.79 Å². The summed E-state index contributed by atoms with van der Waals surface area (Å²) < 4.78 is 10.3. The van der Waals surface area contributed by atoms with Gasteiger partial charge in [0, 0.05) is 18.4 Å². The number of carbonyl (C=O) groups excluding carboxylic acids is 1. The highest BCUT2D eigenvalue weighted by Crippen LogP contribution is 2.29. The Kier molecular flexibility index (Phi) is 4.52. The monoisotopic (exact) mass is 237 g/mol. The summed E-state index contributed by atoms with van der Waals surface area (Å²) in [5, 5.41) is 2.82. The van der Waals surface area contributed by atoms with Crippen molar-refractivity contribution in [2.75, 3.05) is 19.5 Å². The second-order valence-electron chi connectivity index (χ2n) is 3.96. The van der Waals surface area contributed by atoms with Crippen LogP contribution in [0, 0.1) is 13.8 Å². The van der Waals surface area contributed by atoms with Crippen molar-refractivity contribution in [2.45, 2.75) is 26.9 Å². The predicted octanol–water partition coefficient (Wildman–Crippen LogP) is 2.29. The lowest BCUT2D eigenvalue weighted by atomic mass is 10.1. The number of nitrogens with one attached hydrogen (secondary N) is 1. The van der Waals surface area contributed by atoms with E-state index in [1.54, 1.807) is 14.0 Å². The van der Waals surface area contributed by atoms with Crippen LogP contribution in [0.25, 0.3) is 0 Å². The summed E-state index contributed by atoms with van der Waals surface area (Å²) in [5.41, 5.74) is 2.72. The van der Waals surface area contributed by atoms with Crippen LogP contribution in [0.4, 0.5) is 5.69 Å². The van der Waals surface area contributed by atoms with Gasteiger partial charge in [-0.2, -0.15) is 0 Å². The summed E-state index contributed by atoms with van der Waals surface area (Å²) >= 11 is 0. The molecule has 17 heavy (non-hydrogen) atoms. The van der Waals surface area contributed by atoms with Crippen LogP contribution in [0.1, 0.15) is 18.1 Å². The van der Waals surface area contributed by atoms with E-state index in [4.69, 9.17) is 9.47 Å². The molecule has 0 spiro atoms. The Balaban J connectivity index is 2.97. The topological polar surface area (TPSA) is 47.6 Å². The minimum atomic E-state index is -0.471. The molecule has 1 N–H and O–H groups in total. The lowest BCUT2D eigenvalue weighted by molar-refractivity contribution is -0.124. The first-order chi connectivity index (χ1) is 8.01. The van der Waals surface area contributed by atoms with Gasteiger partial charge in [0.05, 0.1) is 7.11 Å². The van der Waals surface area contributed by atoms with Crippen molar-refractivity contribution in [1.82, 2.24) is 0 Å². The summed E-state index contributed by atoms with van der Waals surface area (Å²) in [7, 11) is 3.13. The third-order valence-corrected chi connectivity index (χ3v) is 2.79. The number of carbonyl (C=O) groups is 1. The number of rotatable bonds is 4. The van der Waals surface area contributed by atoms with Gasteiger partial charge in [0.25, 0.3) is 5.91 Å². The number of benzene rings is 1.